The highest BCUT2D eigenvalue weighted by Gasteiger charge is 2.51. The maximum Gasteiger partial charge on any atom is 0.407 e. The van der Waals surface area contributed by atoms with E-state index in [2.05, 4.69) is 10.6 Å². The zero-order valence-electron chi connectivity index (χ0n) is 25.5. The molecule has 6 atom stereocenters. The Bertz CT molecular complexity index is 1570. The molecule has 0 bridgehead atoms. The second-order valence-electron chi connectivity index (χ2n) is 12.3. The molecular formula is C36H39N3O7. The molecule has 2 aliphatic heterocycles. The number of aliphatic hydroxyl groups excluding tert-OH is 1. The molecule has 0 aromatic heterocycles. The van der Waals surface area contributed by atoms with Crippen LogP contribution in [0.15, 0.2) is 96.7 Å². The lowest BCUT2D eigenvalue weighted by atomic mass is 9.76. The van der Waals surface area contributed by atoms with E-state index in [-0.39, 0.29) is 24.7 Å². The number of Topliss-reactive ketones (excluding diaryl/α,β-unsaturated/α-hetero) is 1. The highest BCUT2D eigenvalue weighted by molar-refractivity contribution is 6.06. The Morgan fingerprint density at radius 1 is 1.00 bits per heavy atom. The zero-order valence-corrected chi connectivity index (χ0v) is 25.5. The molecule has 0 radical (unpaired) electrons. The first-order valence-electron chi connectivity index (χ1n) is 15.7. The molecule has 2 heterocycles. The van der Waals surface area contributed by atoms with Gasteiger partial charge in [-0.1, -0.05) is 84.9 Å². The SMILES string of the molecule is NC(=O)O[C@@H]1Cc2ccccc2C1C1=CN[C@@](Cc2ccccc2)(C[C@H](O)[C@H](Cc2ccccc2)NC(=O)O[C@H]2CCOC2)C1=O. The molecule has 1 aliphatic carbocycles. The maximum absolute atomic E-state index is 14.7. The highest BCUT2D eigenvalue weighted by atomic mass is 16.6. The van der Waals surface area contributed by atoms with E-state index >= 15 is 0 Å². The Morgan fingerprint density at radius 2 is 1.70 bits per heavy atom. The number of benzene rings is 3. The van der Waals surface area contributed by atoms with Crippen LogP contribution >= 0.6 is 0 Å². The van der Waals surface area contributed by atoms with Crippen LogP contribution < -0.4 is 16.4 Å². The number of hydrogen-bond acceptors (Lipinski definition) is 8. The maximum atomic E-state index is 14.7. The minimum Gasteiger partial charge on any atom is -0.445 e. The highest BCUT2D eigenvalue weighted by Crippen LogP contribution is 2.44. The number of primary amides is 1. The number of hydrogen-bond donors (Lipinski definition) is 4. The van der Waals surface area contributed by atoms with Crippen LogP contribution in [0.2, 0.25) is 0 Å². The number of nitrogens with two attached hydrogens (primary N) is 1. The summed E-state index contributed by atoms with van der Waals surface area (Å²) < 4.78 is 16.4. The number of ketones is 1. The van der Waals surface area contributed by atoms with E-state index in [0.29, 0.717) is 38.0 Å². The standard InChI is InChI=1S/C36H39N3O7/c37-34(42)46-31-18-25-13-7-8-14-27(25)32(31)28-21-38-36(33(28)41,19-24-11-5-2-6-12-24)20-30(40)29(17-23-9-3-1-4-10-23)39-35(43)45-26-15-16-44-22-26/h1-14,21,26,29-32,38,40H,15-20,22H2,(H2,37,42)(H,39,43)/t26-,29-,30-,31+,32?,36-/m0/s1. The lowest BCUT2D eigenvalue weighted by molar-refractivity contribution is -0.122. The van der Waals surface area contributed by atoms with Crippen LogP contribution in [0.5, 0.6) is 0 Å². The zero-order chi connectivity index (χ0) is 32.1. The topological polar surface area (TPSA) is 149 Å². The van der Waals surface area contributed by atoms with Gasteiger partial charge in [-0.3, -0.25) is 4.79 Å². The van der Waals surface area contributed by atoms with E-state index in [4.69, 9.17) is 19.9 Å². The molecule has 240 valence electrons. The fourth-order valence-electron chi connectivity index (χ4n) is 6.93. The van der Waals surface area contributed by atoms with E-state index in [1.54, 1.807) is 6.20 Å². The second kappa shape index (κ2) is 13.8. The van der Waals surface area contributed by atoms with Gasteiger partial charge in [-0.25, -0.2) is 9.59 Å². The van der Waals surface area contributed by atoms with E-state index in [0.717, 1.165) is 22.3 Å². The molecule has 1 unspecified atom stereocenters. The summed E-state index contributed by atoms with van der Waals surface area (Å²) in [4.78, 5) is 39.6. The van der Waals surface area contributed by atoms with Gasteiger partial charge in [-0.2, -0.15) is 0 Å². The first-order valence-corrected chi connectivity index (χ1v) is 15.7. The number of aliphatic hydroxyl groups is 1. The molecule has 5 N–H and O–H groups in total. The van der Waals surface area contributed by atoms with Crippen molar-refractivity contribution in [3.05, 3.63) is 119 Å². The summed E-state index contributed by atoms with van der Waals surface area (Å²) in [6.45, 7) is 0.854. The molecule has 3 aromatic carbocycles. The summed E-state index contributed by atoms with van der Waals surface area (Å²) in [5, 5.41) is 18.1. The Morgan fingerprint density at radius 3 is 2.39 bits per heavy atom. The van der Waals surface area contributed by atoms with Gasteiger partial charge in [0.1, 0.15) is 17.7 Å². The quantitative estimate of drug-likeness (QED) is 0.252. The fraction of sp³-hybridized carbons (Fsp3) is 0.361. The Balaban J connectivity index is 1.29. The van der Waals surface area contributed by atoms with Crippen molar-refractivity contribution in [2.24, 2.45) is 5.73 Å². The average Bonchev–Trinajstić information content (AvgIpc) is 3.76. The number of rotatable bonds is 11. The smallest absolute Gasteiger partial charge is 0.407 e. The third-order valence-corrected chi connectivity index (χ3v) is 9.12. The number of fused-ring (bicyclic) bond motifs is 1. The third-order valence-electron chi connectivity index (χ3n) is 9.12. The van der Waals surface area contributed by atoms with Gasteiger partial charge in [0, 0.05) is 37.5 Å². The number of amides is 2. The normalized spacial score (nSPS) is 24.8. The summed E-state index contributed by atoms with van der Waals surface area (Å²) in [5.74, 6) is -0.736. The van der Waals surface area contributed by atoms with Crippen molar-refractivity contribution in [2.75, 3.05) is 13.2 Å². The summed E-state index contributed by atoms with van der Waals surface area (Å²) in [5.41, 5.74) is 8.33. The van der Waals surface area contributed by atoms with Crippen LogP contribution in [0.25, 0.3) is 0 Å². The van der Waals surface area contributed by atoms with Crippen molar-refractivity contribution in [3.63, 3.8) is 0 Å². The van der Waals surface area contributed by atoms with Gasteiger partial charge in [0.15, 0.2) is 5.78 Å². The van der Waals surface area contributed by atoms with Crippen molar-refractivity contribution in [1.29, 1.82) is 0 Å². The van der Waals surface area contributed by atoms with Crippen LogP contribution in [-0.4, -0.2) is 66.2 Å². The van der Waals surface area contributed by atoms with Crippen molar-refractivity contribution >= 4 is 18.0 Å². The van der Waals surface area contributed by atoms with Crippen LogP contribution in [0.1, 0.15) is 41.0 Å². The first kappa shape index (κ1) is 31.3. The lowest BCUT2D eigenvalue weighted by Gasteiger charge is -2.35. The van der Waals surface area contributed by atoms with Crippen LogP contribution in [-0.2, 0) is 38.3 Å². The molecule has 1 saturated heterocycles. The summed E-state index contributed by atoms with van der Waals surface area (Å²) in [6.07, 6.45) is -0.382. The minimum absolute atomic E-state index is 0.0131. The predicted molar refractivity (Wildman–Crippen MR) is 170 cm³/mol. The molecule has 2 amide bonds. The van der Waals surface area contributed by atoms with Crippen molar-refractivity contribution in [2.45, 2.75) is 67.9 Å². The van der Waals surface area contributed by atoms with Crippen molar-refractivity contribution < 1.29 is 33.7 Å². The van der Waals surface area contributed by atoms with Crippen molar-refractivity contribution in [1.82, 2.24) is 10.6 Å². The Kier molecular flexibility index (Phi) is 9.37. The summed E-state index contributed by atoms with van der Waals surface area (Å²) >= 11 is 0. The van der Waals surface area contributed by atoms with E-state index < -0.39 is 41.9 Å². The fourth-order valence-corrected chi connectivity index (χ4v) is 6.93. The number of carbonyl (C=O) groups is 3. The molecule has 1 fully saturated rings. The van der Waals surface area contributed by atoms with E-state index in [9.17, 15) is 19.5 Å². The monoisotopic (exact) mass is 625 g/mol. The molecular weight excluding hydrogens is 586 g/mol. The second-order valence-corrected chi connectivity index (χ2v) is 12.3. The van der Waals surface area contributed by atoms with Gasteiger partial charge in [0.2, 0.25) is 0 Å². The number of carbonyl (C=O) groups excluding carboxylic acids is 3. The van der Waals surface area contributed by atoms with Gasteiger partial charge in [0.25, 0.3) is 0 Å². The molecule has 0 spiro atoms. The molecule has 6 rings (SSSR count). The predicted octanol–water partition coefficient (Wildman–Crippen LogP) is 3.71. The first-order chi connectivity index (χ1) is 22.3. The van der Waals surface area contributed by atoms with Crippen molar-refractivity contribution in [3.8, 4) is 0 Å². The van der Waals surface area contributed by atoms with Gasteiger partial charge in [-0.05, 0) is 28.7 Å². The van der Waals surface area contributed by atoms with Gasteiger partial charge in [0.05, 0.1) is 31.3 Å². The third kappa shape index (κ3) is 6.93. The van der Waals surface area contributed by atoms with E-state index in [1.807, 2.05) is 84.9 Å². The Labute approximate surface area is 267 Å². The number of alkyl carbamates (subject to hydrolysis) is 1. The molecule has 10 heteroatoms. The molecule has 0 saturated carbocycles. The molecule has 46 heavy (non-hydrogen) atoms. The van der Waals surface area contributed by atoms with Crippen LogP contribution in [0.4, 0.5) is 9.59 Å². The lowest BCUT2D eigenvalue weighted by Crippen LogP contribution is -2.55. The number of nitrogens with one attached hydrogen (secondary N) is 2. The molecule has 3 aliphatic rings. The largest absolute Gasteiger partial charge is 0.445 e. The van der Waals surface area contributed by atoms with Gasteiger partial charge in [-0.15, -0.1) is 0 Å². The van der Waals surface area contributed by atoms with Gasteiger partial charge < -0.3 is 35.7 Å². The molecule has 3 aromatic rings. The van der Waals surface area contributed by atoms with Crippen LogP contribution in [0.3, 0.4) is 0 Å². The van der Waals surface area contributed by atoms with Gasteiger partial charge >= 0.3 is 12.2 Å². The van der Waals surface area contributed by atoms with Crippen LogP contribution in [0, 0.1) is 0 Å². The number of ether oxygens (including phenoxy) is 3. The summed E-state index contributed by atoms with van der Waals surface area (Å²) in [6, 6.07) is 26.0. The Hall–Kier alpha value is -4.67. The minimum atomic E-state index is -1.25. The average molecular weight is 626 g/mol. The summed E-state index contributed by atoms with van der Waals surface area (Å²) in [7, 11) is 0. The molecule has 10 nitrogen and oxygen atoms in total. The van der Waals surface area contributed by atoms with E-state index in [1.165, 1.54) is 0 Å².